The van der Waals surface area contributed by atoms with Crippen LogP contribution in [0.4, 0.5) is 5.69 Å². The van der Waals surface area contributed by atoms with Crippen molar-refractivity contribution < 1.29 is 0 Å². The molecular formula is C15H15N3S. The molecule has 1 aliphatic carbocycles. The van der Waals surface area contributed by atoms with Crippen LogP contribution in [-0.2, 0) is 0 Å². The molecule has 19 heavy (non-hydrogen) atoms. The molecule has 0 aliphatic heterocycles. The highest BCUT2D eigenvalue weighted by Gasteiger charge is 2.01. The van der Waals surface area contributed by atoms with Gasteiger partial charge in [-0.15, -0.1) is 5.73 Å². The number of nitrogens with zero attached hydrogens (tertiary/aromatic N) is 1. The van der Waals surface area contributed by atoms with Gasteiger partial charge in [-0.3, -0.25) is 5.43 Å². The summed E-state index contributed by atoms with van der Waals surface area (Å²) in [6, 6.07) is 7.96. The second-order valence-electron chi connectivity index (χ2n) is 4.16. The van der Waals surface area contributed by atoms with Crippen LogP contribution >= 0.6 is 12.2 Å². The molecule has 0 aromatic heterocycles. The van der Waals surface area contributed by atoms with E-state index in [1.54, 1.807) is 0 Å². The van der Waals surface area contributed by atoms with Gasteiger partial charge in [0.25, 0.3) is 0 Å². The first-order valence-electron chi connectivity index (χ1n) is 5.97. The number of hydrazone groups is 1. The van der Waals surface area contributed by atoms with Gasteiger partial charge >= 0.3 is 0 Å². The Hall–Kier alpha value is -2.16. The average molecular weight is 269 g/mol. The Kier molecular flexibility index (Phi) is 4.29. The van der Waals surface area contributed by atoms with Crippen molar-refractivity contribution in [1.82, 2.24) is 5.43 Å². The minimum absolute atomic E-state index is 0.472. The molecule has 0 bridgehead atoms. The Morgan fingerprint density at radius 3 is 2.79 bits per heavy atom. The lowest BCUT2D eigenvalue weighted by atomic mass is 10.2. The summed E-state index contributed by atoms with van der Waals surface area (Å²) in [5.74, 6) is 0. The summed E-state index contributed by atoms with van der Waals surface area (Å²) in [7, 11) is 0. The van der Waals surface area contributed by atoms with Gasteiger partial charge in [0, 0.05) is 11.3 Å². The molecule has 96 valence electrons. The highest BCUT2D eigenvalue weighted by atomic mass is 32.1. The Bertz CT molecular complexity index is 620. The van der Waals surface area contributed by atoms with E-state index in [2.05, 4.69) is 21.6 Å². The van der Waals surface area contributed by atoms with Crippen molar-refractivity contribution in [3.63, 3.8) is 0 Å². The van der Waals surface area contributed by atoms with Crippen LogP contribution < -0.4 is 10.7 Å². The van der Waals surface area contributed by atoms with E-state index >= 15 is 0 Å². The van der Waals surface area contributed by atoms with E-state index in [0.29, 0.717) is 5.11 Å². The number of nitrogens with one attached hydrogen (secondary N) is 2. The molecule has 0 spiro atoms. The first-order valence-corrected chi connectivity index (χ1v) is 6.38. The highest BCUT2D eigenvalue weighted by Crippen LogP contribution is 2.12. The first-order chi connectivity index (χ1) is 9.16. The van der Waals surface area contributed by atoms with E-state index in [1.165, 1.54) is 0 Å². The lowest BCUT2D eigenvalue weighted by molar-refractivity contribution is 1.04. The molecule has 0 radical (unpaired) electrons. The van der Waals surface area contributed by atoms with Gasteiger partial charge in [0.15, 0.2) is 5.11 Å². The number of hydrogen-bond donors (Lipinski definition) is 2. The van der Waals surface area contributed by atoms with Crippen LogP contribution in [-0.4, -0.2) is 10.8 Å². The van der Waals surface area contributed by atoms with E-state index in [-0.39, 0.29) is 0 Å². The molecule has 0 amide bonds. The molecule has 0 atom stereocenters. The zero-order valence-corrected chi connectivity index (χ0v) is 11.7. The molecule has 0 heterocycles. The fourth-order valence-electron chi connectivity index (χ4n) is 1.61. The molecule has 1 aromatic carbocycles. The largest absolute Gasteiger partial charge is 0.331 e. The third kappa shape index (κ3) is 3.65. The molecule has 1 aliphatic rings. The minimum Gasteiger partial charge on any atom is -0.331 e. The average Bonchev–Trinajstić information content (AvgIpc) is 2.93. The van der Waals surface area contributed by atoms with Gasteiger partial charge in [-0.25, -0.2) is 0 Å². The molecule has 2 N–H and O–H groups in total. The molecule has 0 unspecified atom stereocenters. The number of hydrogen-bond acceptors (Lipinski definition) is 2. The van der Waals surface area contributed by atoms with Gasteiger partial charge in [-0.05, 0) is 49.8 Å². The maximum Gasteiger partial charge on any atom is 0.191 e. The Morgan fingerprint density at radius 2 is 2.11 bits per heavy atom. The van der Waals surface area contributed by atoms with Gasteiger partial charge in [0.05, 0.1) is 5.71 Å². The summed E-state index contributed by atoms with van der Waals surface area (Å²) in [5, 5.41) is 7.81. The number of allylic oxidation sites excluding steroid dienone is 3. The zero-order valence-electron chi connectivity index (χ0n) is 10.9. The van der Waals surface area contributed by atoms with Crippen molar-refractivity contribution in [2.45, 2.75) is 13.8 Å². The lowest BCUT2D eigenvalue weighted by Crippen LogP contribution is -2.25. The van der Waals surface area contributed by atoms with Crippen molar-refractivity contribution in [2.75, 3.05) is 5.32 Å². The first kappa shape index (κ1) is 13.3. The normalized spacial score (nSPS) is 13.4. The lowest BCUT2D eigenvalue weighted by Gasteiger charge is -2.10. The van der Waals surface area contributed by atoms with E-state index < -0.39 is 0 Å². The second-order valence-corrected chi connectivity index (χ2v) is 4.57. The van der Waals surface area contributed by atoms with E-state index in [1.807, 2.05) is 56.3 Å². The summed E-state index contributed by atoms with van der Waals surface area (Å²) in [4.78, 5) is 0. The summed E-state index contributed by atoms with van der Waals surface area (Å²) >= 11 is 5.20. The maximum absolute atomic E-state index is 5.20. The predicted molar refractivity (Wildman–Crippen MR) is 84.4 cm³/mol. The number of aryl methyl sites for hydroxylation is 1. The van der Waals surface area contributed by atoms with Gasteiger partial charge in [-0.1, -0.05) is 24.3 Å². The van der Waals surface area contributed by atoms with E-state index in [9.17, 15) is 0 Å². The summed E-state index contributed by atoms with van der Waals surface area (Å²) in [6.45, 7) is 3.94. The van der Waals surface area contributed by atoms with Crippen LogP contribution in [0.25, 0.3) is 0 Å². The topological polar surface area (TPSA) is 36.4 Å². The van der Waals surface area contributed by atoms with Gasteiger partial charge < -0.3 is 5.32 Å². The quantitative estimate of drug-likeness (QED) is 0.382. The molecule has 4 heteroatoms. The number of benzene rings is 1. The van der Waals surface area contributed by atoms with E-state index in [4.69, 9.17) is 12.2 Å². The molecule has 2 rings (SSSR count). The minimum atomic E-state index is 0.472. The summed E-state index contributed by atoms with van der Waals surface area (Å²) in [5.41, 5.74) is 9.85. The molecule has 1 aromatic rings. The standard InChI is InChI=1S/C15H15N3S/c1-11-7-3-6-10-14(11)16-15(19)18-17-12(2)13-8-4-5-9-13/h3-8,10H,1-2H3,(H2,16,18,19)/b17-12+. The smallest absolute Gasteiger partial charge is 0.191 e. The Balaban J connectivity index is 1.95. The van der Waals surface area contributed by atoms with Crippen molar-refractivity contribution >= 4 is 28.7 Å². The number of rotatable bonds is 3. The molecular weight excluding hydrogens is 254 g/mol. The number of anilines is 1. The number of para-hydroxylation sites is 1. The monoisotopic (exact) mass is 269 g/mol. The van der Waals surface area contributed by atoms with Crippen LogP contribution in [0.15, 0.2) is 58.9 Å². The third-order valence-corrected chi connectivity index (χ3v) is 2.90. The fourth-order valence-corrected chi connectivity index (χ4v) is 1.77. The van der Waals surface area contributed by atoms with Crippen molar-refractivity contribution in [2.24, 2.45) is 5.10 Å². The Labute approximate surface area is 118 Å². The fraction of sp³-hybridized carbons (Fsp3) is 0.133. The van der Waals surface area contributed by atoms with Crippen molar-refractivity contribution in [3.05, 3.63) is 59.4 Å². The van der Waals surface area contributed by atoms with Gasteiger partial charge in [0.2, 0.25) is 0 Å². The van der Waals surface area contributed by atoms with Crippen LogP contribution in [0, 0.1) is 6.92 Å². The predicted octanol–water partition coefficient (Wildman–Crippen LogP) is 3.31. The van der Waals surface area contributed by atoms with Crippen LogP contribution in [0.1, 0.15) is 12.5 Å². The van der Waals surface area contributed by atoms with Crippen LogP contribution in [0.2, 0.25) is 0 Å². The van der Waals surface area contributed by atoms with E-state index in [0.717, 1.165) is 22.5 Å². The zero-order chi connectivity index (χ0) is 13.7. The van der Waals surface area contributed by atoms with Crippen molar-refractivity contribution in [1.29, 1.82) is 0 Å². The van der Waals surface area contributed by atoms with Crippen LogP contribution in [0.5, 0.6) is 0 Å². The van der Waals surface area contributed by atoms with Gasteiger partial charge in [0.1, 0.15) is 0 Å². The molecule has 3 nitrogen and oxygen atoms in total. The van der Waals surface area contributed by atoms with Crippen LogP contribution in [0.3, 0.4) is 0 Å². The molecule has 0 saturated carbocycles. The second kappa shape index (κ2) is 6.14. The number of thiocarbonyl (C=S) groups is 1. The molecule has 0 fully saturated rings. The SMILES string of the molecule is C/C(=N\NC(=S)Nc1ccccc1C)C1=C=CC=C1. The third-order valence-electron chi connectivity index (χ3n) is 2.71. The highest BCUT2D eigenvalue weighted by molar-refractivity contribution is 7.80. The van der Waals surface area contributed by atoms with Gasteiger partial charge in [-0.2, -0.15) is 5.10 Å². The summed E-state index contributed by atoms with van der Waals surface area (Å²) in [6.07, 6.45) is 5.74. The summed E-state index contributed by atoms with van der Waals surface area (Å²) < 4.78 is 0. The maximum atomic E-state index is 5.20. The molecule has 0 saturated heterocycles. The van der Waals surface area contributed by atoms with Crippen molar-refractivity contribution in [3.8, 4) is 0 Å². The Morgan fingerprint density at radius 1 is 1.32 bits per heavy atom.